The highest BCUT2D eigenvalue weighted by atomic mass is 19.1. The van der Waals surface area contributed by atoms with Crippen molar-refractivity contribution < 1.29 is 13.9 Å². The Morgan fingerprint density at radius 1 is 1.12 bits per heavy atom. The molecule has 2 fully saturated rings. The molecule has 49 heavy (non-hydrogen) atoms. The van der Waals surface area contributed by atoms with Gasteiger partial charge in [0.25, 0.3) is 0 Å². The lowest BCUT2D eigenvalue weighted by Gasteiger charge is -2.36. The van der Waals surface area contributed by atoms with E-state index in [4.69, 9.17) is 15.0 Å². The first-order valence-corrected chi connectivity index (χ1v) is 17.0. The number of likely N-dealkylation sites (N-methyl/N-ethyl adjacent to an activating group) is 1. The average molecular weight is 669 g/mol. The van der Waals surface area contributed by atoms with Crippen molar-refractivity contribution in [2.24, 2.45) is 0 Å². The number of carbonyl (C=O) groups is 1. The van der Waals surface area contributed by atoms with E-state index in [-0.39, 0.29) is 30.0 Å². The lowest BCUT2D eigenvalue weighted by Crippen LogP contribution is -2.47. The molecular weight excluding hydrogens is 623 g/mol. The van der Waals surface area contributed by atoms with Crippen LogP contribution >= 0.6 is 0 Å². The van der Waals surface area contributed by atoms with Gasteiger partial charge in [0.2, 0.25) is 11.7 Å². The molecule has 5 heterocycles. The molecule has 2 aliphatic heterocycles. The van der Waals surface area contributed by atoms with Gasteiger partial charge in [-0.15, -0.1) is 0 Å². The average Bonchev–Trinajstić information content (AvgIpc) is 3.52. The Kier molecular flexibility index (Phi) is 10.6. The standard InChI is InChI=1S/C36H45FN10O2/c1-25-20-28(49-19-18-43(3)4)21-26(2)30(25)24-44-14-16-45(17-15-44)36-33(37)35(40-27-8-7-12-46(23-27)32(48)10-11-38)41-34(42-36)29-22-39-47-13-6-5-9-31(29)47/h5-6,9,13,20-22,27H,7-8,10,12,14-19,23-24H2,1-4H3,(H,40,41,42)/t27-/m1/s1. The van der Waals surface area contributed by atoms with E-state index in [1.165, 1.54) is 16.7 Å². The third-order valence-corrected chi connectivity index (χ3v) is 9.38. The van der Waals surface area contributed by atoms with E-state index >= 15 is 4.39 Å². The molecule has 2 saturated heterocycles. The molecule has 2 aliphatic rings. The summed E-state index contributed by atoms with van der Waals surface area (Å²) in [7, 11) is 4.07. The van der Waals surface area contributed by atoms with Gasteiger partial charge in [0, 0.05) is 64.6 Å². The molecule has 3 aromatic heterocycles. The number of fused-ring (bicyclic) bond motifs is 1. The number of pyridine rings is 1. The molecule has 0 spiro atoms. The summed E-state index contributed by atoms with van der Waals surface area (Å²) in [6.45, 7) is 10.2. The lowest BCUT2D eigenvalue weighted by atomic mass is 10.0. The number of hydrogen-bond acceptors (Lipinski definition) is 10. The minimum Gasteiger partial charge on any atom is -0.492 e. The van der Waals surface area contributed by atoms with Crippen LogP contribution in [0.25, 0.3) is 16.9 Å². The number of rotatable bonds is 11. The second-order valence-electron chi connectivity index (χ2n) is 13.2. The zero-order valence-corrected chi connectivity index (χ0v) is 28.8. The van der Waals surface area contributed by atoms with E-state index in [1.54, 1.807) is 15.6 Å². The van der Waals surface area contributed by atoms with Crippen molar-refractivity contribution in [3.8, 4) is 23.2 Å². The Bertz CT molecular complexity index is 1810. The molecule has 0 radical (unpaired) electrons. The largest absolute Gasteiger partial charge is 0.492 e. The number of halogens is 1. The molecule has 1 atom stereocenters. The van der Waals surface area contributed by atoms with Gasteiger partial charge in [-0.1, -0.05) is 6.07 Å². The third kappa shape index (κ3) is 7.92. The highest BCUT2D eigenvalue weighted by molar-refractivity contribution is 5.79. The fourth-order valence-corrected chi connectivity index (χ4v) is 6.64. The lowest BCUT2D eigenvalue weighted by molar-refractivity contribution is -0.131. The topological polar surface area (TPSA) is 118 Å². The van der Waals surface area contributed by atoms with E-state index in [2.05, 4.69) is 51.2 Å². The number of piperazine rings is 1. The van der Waals surface area contributed by atoms with Crippen LogP contribution in [-0.4, -0.2) is 113 Å². The van der Waals surface area contributed by atoms with E-state index in [0.29, 0.717) is 44.2 Å². The molecule has 13 heteroatoms. The maximum Gasteiger partial charge on any atom is 0.236 e. The zero-order chi connectivity index (χ0) is 34.5. The molecule has 12 nitrogen and oxygen atoms in total. The van der Waals surface area contributed by atoms with Crippen LogP contribution in [0.15, 0.2) is 42.7 Å². The minimum absolute atomic E-state index is 0.108. The first-order valence-electron chi connectivity index (χ1n) is 17.0. The third-order valence-electron chi connectivity index (χ3n) is 9.38. The van der Waals surface area contributed by atoms with E-state index in [9.17, 15) is 4.79 Å². The first kappa shape index (κ1) is 34.1. The van der Waals surface area contributed by atoms with E-state index in [1.807, 2.05) is 49.5 Å². The molecule has 1 N–H and O–H groups in total. The van der Waals surface area contributed by atoms with Crippen LogP contribution in [0.3, 0.4) is 0 Å². The van der Waals surface area contributed by atoms with Crippen molar-refractivity contribution in [2.75, 3.05) is 76.7 Å². The fraction of sp³-hybridized carbons (Fsp3) is 0.472. The van der Waals surface area contributed by atoms with Gasteiger partial charge in [-0.2, -0.15) is 14.8 Å². The van der Waals surface area contributed by atoms with Crippen LogP contribution < -0.4 is 15.0 Å². The molecule has 4 aromatic rings. The summed E-state index contributed by atoms with van der Waals surface area (Å²) in [4.78, 5) is 30.1. The number of piperidine rings is 1. The molecule has 6 rings (SSSR count). The van der Waals surface area contributed by atoms with Crippen LogP contribution in [0, 0.1) is 31.0 Å². The normalized spacial score (nSPS) is 17.0. The van der Waals surface area contributed by atoms with Gasteiger partial charge >= 0.3 is 0 Å². The summed E-state index contributed by atoms with van der Waals surface area (Å²) < 4.78 is 24.2. The van der Waals surface area contributed by atoms with Crippen LogP contribution in [0.5, 0.6) is 5.75 Å². The van der Waals surface area contributed by atoms with Gasteiger partial charge in [-0.3, -0.25) is 9.69 Å². The van der Waals surface area contributed by atoms with Gasteiger partial charge in [-0.05, 0) is 81.7 Å². The number of anilines is 2. The Balaban J connectivity index is 1.21. The summed E-state index contributed by atoms with van der Waals surface area (Å²) in [6.07, 6.45) is 4.90. The maximum atomic E-state index is 16.4. The minimum atomic E-state index is -0.509. The Hall–Kier alpha value is -4.80. The number of likely N-dealkylation sites (tertiary alicyclic amines) is 1. The quantitative estimate of drug-likeness (QED) is 0.250. The van der Waals surface area contributed by atoms with Gasteiger partial charge < -0.3 is 24.8 Å². The summed E-state index contributed by atoms with van der Waals surface area (Å²) in [5.74, 6) is 0.919. The number of nitrogens with one attached hydrogen (secondary N) is 1. The number of aryl methyl sites for hydroxylation is 2. The van der Waals surface area contributed by atoms with E-state index in [0.717, 1.165) is 50.3 Å². The number of carbonyl (C=O) groups excluding carboxylic acids is 1. The summed E-state index contributed by atoms with van der Waals surface area (Å²) in [5, 5.41) is 16.8. The van der Waals surface area contributed by atoms with Gasteiger partial charge in [0.05, 0.1) is 23.3 Å². The molecule has 0 saturated carbocycles. The van der Waals surface area contributed by atoms with Crippen molar-refractivity contribution in [1.82, 2.24) is 34.3 Å². The zero-order valence-electron chi connectivity index (χ0n) is 28.8. The fourth-order valence-electron chi connectivity index (χ4n) is 6.64. The van der Waals surface area contributed by atoms with Crippen LogP contribution in [-0.2, 0) is 11.3 Å². The Morgan fingerprint density at radius 2 is 1.90 bits per heavy atom. The molecule has 0 bridgehead atoms. The Labute approximate surface area is 287 Å². The van der Waals surface area contributed by atoms with Crippen LogP contribution in [0.2, 0.25) is 0 Å². The number of benzene rings is 1. The van der Waals surface area contributed by atoms with Crippen molar-refractivity contribution in [2.45, 2.75) is 45.7 Å². The van der Waals surface area contributed by atoms with Gasteiger partial charge in [0.1, 0.15) is 18.8 Å². The smallest absolute Gasteiger partial charge is 0.236 e. The molecule has 258 valence electrons. The second-order valence-corrected chi connectivity index (χ2v) is 13.2. The number of amides is 1. The summed E-state index contributed by atoms with van der Waals surface area (Å²) >= 11 is 0. The van der Waals surface area contributed by atoms with Crippen molar-refractivity contribution in [1.29, 1.82) is 5.26 Å². The van der Waals surface area contributed by atoms with Gasteiger partial charge in [0.15, 0.2) is 17.5 Å². The maximum absolute atomic E-state index is 16.4. The predicted octanol–water partition coefficient (Wildman–Crippen LogP) is 4.13. The monoisotopic (exact) mass is 668 g/mol. The number of aromatic nitrogens is 4. The van der Waals surface area contributed by atoms with Crippen LogP contribution in [0.1, 0.15) is 36.0 Å². The Morgan fingerprint density at radius 3 is 2.63 bits per heavy atom. The molecule has 1 amide bonds. The summed E-state index contributed by atoms with van der Waals surface area (Å²) in [6, 6.07) is 11.7. The number of ether oxygens (including phenoxy) is 1. The summed E-state index contributed by atoms with van der Waals surface area (Å²) in [5.41, 5.74) is 5.22. The molecule has 0 unspecified atom stereocenters. The predicted molar refractivity (Wildman–Crippen MR) is 187 cm³/mol. The van der Waals surface area contributed by atoms with Crippen molar-refractivity contribution in [3.05, 3.63) is 65.2 Å². The van der Waals surface area contributed by atoms with E-state index < -0.39 is 5.82 Å². The molecular formula is C36H45FN10O2. The van der Waals surface area contributed by atoms with Crippen molar-refractivity contribution >= 4 is 23.1 Å². The van der Waals surface area contributed by atoms with Crippen LogP contribution in [0.4, 0.5) is 16.0 Å². The highest BCUT2D eigenvalue weighted by Crippen LogP contribution is 2.31. The number of nitriles is 1. The first-order chi connectivity index (χ1) is 23.7. The number of hydrogen-bond donors (Lipinski definition) is 1. The number of nitrogens with zero attached hydrogens (tertiary/aromatic N) is 9. The molecule has 1 aromatic carbocycles. The SMILES string of the molecule is Cc1cc(OCCN(C)C)cc(C)c1CN1CCN(c2nc(-c3cnn4ccccc34)nc(N[C@@H]3CCCN(C(=O)CC#N)C3)c2F)CC1. The van der Waals surface area contributed by atoms with Gasteiger partial charge in [-0.25, -0.2) is 14.5 Å². The van der Waals surface area contributed by atoms with Crippen molar-refractivity contribution in [3.63, 3.8) is 0 Å². The highest BCUT2D eigenvalue weighted by Gasteiger charge is 2.29. The second kappa shape index (κ2) is 15.2. The molecule has 0 aliphatic carbocycles.